The number of hydrogen-bond donors (Lipinski definition) is 0. The average Bonchev–Trinajstić information content (AvgIpc) is 2.20. The third kappa shape index (κ3) is 1000. The van der Waals surface area contributed by atoms with Crippen LogP contribution in [0.15, 0.2) is 10.7 Å². The zero-order chi connectivity index (χ0) is 12.2. The Balaban J connectivity index is -0.0000000293. The minimum atomic E-state index is 0. The molecule has 0 bridgehead atoms. The van der Waals surface area contributed by atoms with E-state index in [-0.39, 0.29) is 46.6 Å². The van der Waals surface area contributed by atoms with Crippen molar-refractivity contribution >= 4 is 0 Å². The SMILES string of the molecule is O=N[O-].O=N[O-].[NH-]CC[NH-].[NH-]CC[NH-].[Pd]. The maximum Gasteiger partial charge on any atom is 0 e. The molecule has 0 aliphatic carbocycles. The summed E-state index contributed by atoms with van der Waals surface area (Å²) in [4.78, 5) is 16.0. The topological polar surface area (TPSA) is 200 Å². The fourth-order valence-electron chi connectivity index (χ4n) is 0. The second-order valence-electron chi connectivity index (χ2n) is 1.15. The molecule has 0 aliphatic heterocycles. The van der Waals surface area contributed by atoms with Crippen LogP contribution in [0.25, 0.3) is 22.9 Å². The predicted octanol–water partition coefficient (Wildman–Crippen LogP) is 2.68. The van der Waals surface area contributed by atoms with Crippen molar-refractivity contribution in [3.05, 3.63) is 43.2 Å². The summed E-state index contributed by atoms with van der Waals surface area (Å²) in [6.07, 6.45) is 0. The molecule has 0 aliphatic rings. The van der Waals surface area contributed by atoms with Gasteiger partial charge in [0.1, 0.15) is 0 Å². The van der Waals surface area contributed by atoms with Gasteiger partial charge in [-0.2, -0.15) is 26.2 Å². The van der Waals surface area contributed by atoms with Crippen molar-refractivity contribution < 1.29 is 20.4 Å². The van der Waals surface area contributed by atoms with Gasteiger partial charge in [0.2, 0.25) is 0 Å². The second-order valence-corrected chi connectivity index (χ2v) is 1.15. The molecule has 0 saturated heterocycles. The van der Waals surface area contributed by atoms with Crippen molar-refractivity contribution in [3.63, 3.8) is 0 Å². The molecule has 0 aromatic carbocycles. The molecule has 0 aromatic rings. The molecule has 98 valence electrons. The first-order chi connectivity index (χ1) is 6.66. The summed E-state index contributed by atoms with van der Waals surface area (Å²) >= 11 is 0. The van der Waals surface area contributed by atoms with Crippen LogP contribution in [0, 0.1) is 20.2 Å². The summed E-state index contributed by atoms with van der Waals surface area (Å²) < 4.78 is 0. The molecule has 0 radical (unpaired) electrons. The van der Waals surface area contributed by atoms with E-state index in [4.69, 9.17) is 43.2 Å². The smallest absolute Gasteiger partial charge is 0 e. The van der Waals surface area contributed by atoms with E-state index in [2.05, 4.69) is 0 Å². The Kier molecular flexibility index (Phi) is 140. The van der Waals surface area contributed by atoms with Crippen LogP contribution in [-0.2, 0) is 20.4 Å². The van der Waals surface area contributed by atoms with Gasteiger partial charge < -0.3 is 43.2 Å². The van der Waals surface area contributed by atoms with Gasteiger partial charge in [-0.15, -0.1) is 10.7 Å². The van der Waals surface area contributed by atoms with Crippen molar-refractivity contribution in [1.29, 1.82) is 0 Å². The molecule has 0 fully saturated rings. The first-order valence-corrected chi connectivity index (χ1v) is 3.14. The first-order valence-electron chi connectivity index (χ1n) is 3.14. The van der Waals surface area contributed by atoms with E-state index < -0.39 is 0 Å². The number of rotatable bonds is 2. The third-order valence-electron chi connectivity index (χ3n) is 0.250. The minimum Gasteiger partial charge on any atom is -0.679 e. The molecule has 0 amide bonds. The van der Waals surface area contributed by atoms with Crippen molar-refractivity contribution in [1.82, 2.24) is 0 Å². The van der Waals surface area contributed by atoms with E-state index in [9.17, 15) is 0 Å². The Morgan fingerprint density at radius 2 is 0.800 bits per heavy atom. The van der Waals surface area contributed by atoms with E-state index >= 15 is 0 Å². The molecule has 4 N–H and O–H groups in total. The first kappa shape index (κ1) is 29.2. The van der Waals surface area contributed by atoms with Gasteiger partial charge in [-0.1, -0.05) is 0 Å². The van der Waals surface area contributed by atoms with Crippen molar-refractivity contribution in [2.45, 2.75) is 0 Å². The third-order valence-corrected chi connectivity index (χ3v) is 0.250. The van der Waals surface area contributed by atoms with Gasteiger partial charge in [0.15, 0.2) is 0 Å². The van der Waals surface area contributed by atoms with E-state index in [1.165, 1.54) is 0 Å². The summed E-state index contributed by atoms with van der Waals surface area (Å²) in [5.41, 5.74) is 25.1. The van der Waals surface area contributed by atoms with Crippen LogP contribution in [0.4, 0.5) is 0 Å². The molecule has 0 atom stereocenters. The zero-order valence-electron chi connectivity index (χ0n) is 7.67. The van der Waals surface area contributed by atoms with Crippen molar-refractivity contribution in [2.24, 2.45) is 10.7 Å². The van der Waals surface area contributed by atoms with Gasteiger partial charge in [-0.05, 0) is 0 Å². The molecule has 10 nitrogen and oxygen atoms in total. The number of nitrogens with zero attached hydrogens (tertiary/aromatic N) is 2. The van der Waals surface area contributed by atoms with E-state index in [1.807, 2.05) is 0 Å². The van der Waals surface area contributed by atoms with Crippen LogP contribution in [0.5, 0.6) is 0 Å². The van der Waals surface area contributed by atoms with Gasteiger partial charge in [-0.3, -0.25) is 0 Å². The van der Waals surface area contributed by atoms with Crippen LogP contribution in [0.1, 0.15) is 0 Å². The fourth-order valence-corrected chi connectivity index (χ4v) is 0. The van der Waals surface area contributed by atoms with Crippen LogP contribution < -0.4 is 0 Å². The fraction of sp³-hybridized carbons (Fsp3) is 1.00. The molecular weight excluding hydrogens is 303 g/mol. The largest absolute Gasteiger partial charge is 0.679 e. The Labute approximate surface area is 101 Å². The normalized spacial score (nSPS) is 5.60. The maximum absolute atomic E-state index is 8.00. The molecule has 0 saturated carbocycles. The zero-order valence-corrected chi connectivity index (χ0v) is 9.23. The predicted molar refractivity (Wildman–Crippen MR) is 55.1 cm³/mol. The van der Waals surface area contributed by atoms with Crippen LogP contribution in [0.2, 0.25) is 0 Å². The number of nitrogens with one attached hydrogen (secondary N) is 4. The van der Waals surface area contributed by atoms with Crippen molar-refractivity contribution in [3.8, 4) is 0 Å². The standard InChI is InChI=1S/2C2H6N2.2HNO2.Pd/c2*3-1-2-4;2*2-1-3;/h2*3-4H,1-2H2;2*(H,2,3);/q2*-2;;;/p-2. The van der Waals surface area contributed by atoms with Crippen LogP contribution in [-0.4, -0.2) is 26.2 Å². The van der Waals surface area contributed by atoms with Gasteiger partial charge in [0, 0.05) is 20.4 Å². The van der Waals surface area contributed by atoms with Crippen LogP contribution in [0.3, 0.4) is 0 Å². The molecule has 0 spiro atoms. The molecule has 0 rings (SSSR count). The van der Waals surface area contributed by atoms with E-state index in [0.29, 0.717) is 0 Å². The molecular formula is C4H12N6O4Pd-6. The Morgan fingerprint density at radius 3 is 0.800 bits per heavy atom. The Bertz CT molecular complexity index is 75.5. The van der Waals surface area contributed by atoms with Crippen LogP contribution >= 0.6 is 0 Å². The summed E-state index contributed by atoms with van der Waals surface area (Å²) in [6, 6.07) is 0. The quantitative estimate of drug-likeness (QED) is 0.428. The molecule has 0 aromatic heterocycles. The monoisotopic (exact) mass is 314 g/mol. The van der Waals surface area contributed by atoms with E-state index in [1.54, 1.807) is 0 Å². The minimum absolute atomic E-state index is 0. The maximum atomic E-state index is 8.00. The summed E-state index contributed by atoms with van der Waals surface area (Å²) in [7, 11) is 0. The summed E-state index contributed by atoms with van der Waals surface area (Å²) in [5.74, 6) is 0. The van der Waals surface area contributed by atoms with E-state index in [0.717, 1.165) is 10.7 Å². The molecule has 0 unspecified atom stereocenters. The molecule has 11 heteroatoms. The summed E-state index contributed by atoms with van der Waals surface area (Å²) in [5, 5.41) is 18.0. The van der Waals surface area contributed by atoms with Gasteiger partial charge in [0.05, 0.1) is 0 Å². The van der Waals surface area contributed by atoms with Gasteiger partial charge in [-0.25, -0.2) is 0 Å². The second kappa shape index (κ2) is 71.6. The average molecular weight is 315 g/mol. The Morgan fingerprint density at radius 1 is 0.733 bits per heavy atom. The summed E-state index contributed by atoms with van der Waals surface area (Å²) in [6.45, 7) is 0.944. The Hall–Kier alpha value is -0.698. The van der Waals surface area contributed by atoms with Crippen molar-refractivity contribution in [2.75, 3.05) is 26.2 Å². The molecule has 15 heavy (non-hydrogen) atoms. The van der Waals surface area contributed by atoms with Gasteiger partial charge in [0.25, 0.3) is 0 Å². The van der Waals surface area contributed by atoms with Gasteiger partial charge >= 0.3 is 0 Å². The molecule has 0 heterocycles. The number of hydrogen-bond acceptors (Lipinski definition) is 6.